The van der Waals surface area contributed by atoms with Crippen LogP contribution in [0.25, 0.3) is 0 Å². The molecule has 0 unspecified atom stereocenters. The van der Waals surface area contributed by atoms with Crippen molar-refractivity contribution in [2.45, 2.75) is 70.0 Å². The maximum Gasteiger partial charge on any atom is 0.324 e. The number of carbonyl (C=O) groups is 2. The first-order valence-corrected chi connectivity index (χ1v) is 13.7. The van der Waals surface area contributed by atoms with Crippen molar-refractivity contribution in [1.82, 2.24) is 20.2 Å². The molecule has 3 heterocycles. The summed E-state index contributed by atoms with van der Waals surface area (Å²) in [4.78, 5) is 41.3. The van der Waals surface area contributed by atoms with Crippen LogP contribution in [0.2, 0.25) is 0 Å². The Balaban J connectivity index is 1.38. The molecule has 2 aliphatic heterocycles. The summed E-state index contributed by atoms with van der Waals surface area (Å²) in [6.45, 7) is 3.99. The zero-order chi connectivity index (χ0) is 26.8. The molecule has 0 bridgehead atoms. The van der Waals surface area contributed by atoms with E-state index in [1.165, 1.54) is 0 Å². The largest absolute Gasteiger partial charge is 0.493 e. The van der Waals surface area contributed by atoms with Crippen LogP contribution in [0.5, 0.6) is 17.5 Å². The Bertz CT molecular complexity index is 1180. The number of hydrogen-bond donors (Lipinski definition) is 1. The average Bonchev–Trinajstić information content (AvgIpc) is 3.46. The Hall–Kier alpha value is -3.40. The number of nitrogens with one attached hydrogen (secondary N) is 1. The minimum absolute atomic E-state index is 0.0694. The lowest BCUT2D eigenvalue weighted by Crippen LogP contribution is -2.55. The highest BCUT2D eigenvalue weighted by molar-refractivity contribution is 6.04. The van der Waals surface area contributed by atoms with Gasteiger partial charge in [0, 0.05) is 24.7 Å². The van der Waals surface area contributed by atoms with Crippen LogP contribution in [0.3, 0.4) is 0 Å². The van der Waals surface area contributed by atoms with E-state index in [-0.39, 0.29) is 36.0 Å². The summed E-state index contributed by atoms with van der Waals surface area (Å²) >= 11 is 0. The maximum absolute atomic E-state index is 13.1. The van der Waals surface area contributed by atoms with Crippen molar-refractivity contribution >= 4 is 23.3 Å². The zero-order valence-electron chi connectivity index (χ0n) is 22.8. The lowest BCUT2D eigenvalue weighted by Gasteiger charge is -2.43. The van der Waals surface area contributed by atoms with Gasteiger partial charge in [0.1, 0.15) is 11.7 Å². The lowest BCUT2D eigenvalue weighted by molar-refractivity contribution is -0.120. The lowest BCUT2D eigenvalue weighted by atomic mass is 10.0. The Kier molecular flexibility index (Phi) is 7.69. The second kappa shape index (κ2) is 11.1. The fourth-order valence-corrected chi connectivity index (χ4v) is 5.83. The molecule has 1 aromatic carbocycles. The van der Waals surface area contributed by atoms with Crippen molar-refractivity contribution in [3.8, 4) is 17.5 Å². The topological polar surface area (TPSA) is 100 Å². The molecule has 1 aliphatic carbocycles. The summed E-state index contributed by atoms with van der Waals surface area (Å²) in [6.07, 6.45) is 8.62. The Morgan fingerprint density at radius 3 is 2.53 bits per heavy atom. The third kappa shape index (κ3) is 5.14. The van der Waals surface area contributed by atoms with Crippen LogP contribution in [0.4, 0.5) is 11.5 Å². The van der Waals surface area contributed by atoms with Crippen LogP contribution in [-0.2, 0) is 4.79 Å². The molecule has 1 aromatic heterocycles. The summed E-state index contributed by atoms with van der Waals surface area (Å²) in [5, 5.41) is 3.13. The van der Waals surface area contributed by atoms with Crippen LogP contribution < -0.4 is 24.6 Å². The smallest absolute Gasteiger partial charge is 0.324 e. The minimum Gasteiger partial charge on any atom is -0.493 e. The van der Waals surface area contributed by atoms with E-state index in [0.29, 0.717) is 29.2 Å². The number of ether oxygens (including phenoxy) is 2. The number of fused-ring (bicyclic) bond motifs is 1. The van der Waals surface area contributed by atoms with E-state index in [4.69, 9.17) is 14.5 Å². The van der Waals surface area contributed by atoms with Gasteiger partial charge in [0.15, 0.2) is 17.3 Å². The summed E-state index contributed by atoms with van der Waals surface area (Å²) < 4.78 is 11.7. The molecule has 0 spiro atoms. The number of benzene rings is 1. The molecule has 1 saturated heterocycles. The minimum atomic E-state index is -0.254. The normalized spacial score (nSPS) is 20.9. The zero-order valence-corrected chi connectivity index (χ0v) is 22.8. The Morgan fingerprint density at radius 1 is 1.11 bits per heavy atom. The van der Waals surface area contributed by atoms with Crippen LogP contribution in [0.15, 0.2) is 24.4 Å². The molecule has 2 aromatic rings. The van der Waals surface area contributed by atoms with Gasteiger partial charge >= 0.3 is 6.01 Å². The molecule has 5 rings (SSSR count). The molecular weight excluding hydrogens is 484 g/mol. The number of rotatable bonds is 7. The van der Waals surface area contributed by atoms with Crippen LogP contribution >= 0.6 is 0 Å². The predicted octanol–water partition coefficient (Wildman–Crippen LogP) is 3.61. The highest BCUT2D eigenvalue weighted by atomic mass is 16.5. The fraction of sp³-hybridized carbons (Fsp3) is 0.571. The van der Waals surface area contributed by atoms with Gasteiger partial charge in [-0.15, -0.1) is 0 Å². The van der Waals surface area contributed by atoms with Crippen molar-refractivity contribution in [3.05, 3.63) is 30.0 Å². The van der Waals surface area contributed by atoms with E-state index in [1.54, 1.807) is 43.5 Å². The molecular formula is C28H38N6O4. The first-order valence-electron chi connectivity index (χ1n) is 13.7. The molecule has 10 nitrogen and oxygen atoms in total. The number of hydrogen-bond acceptors (Lipinski definition) is 8. The Labute approximate surface area is 224 Å². The molecule has 1 N–H and O–H groups in total. The molecule has 204 valence electrons. The number of amides is 2. The first kappa shape index (κ1) is 26.2. The molecule has 1 atom stereocenters. The molecule has 3 aliphatic rings. The second-order valence-corrected chi connectivity index (χ2v) is 10.5. The second-order valence-electron chi connectivity index (χ2n) is 10.5. The number of carbonyl (C=O) groups excluding carboxylic acids is 2. The molecule has 1 saturated carbocycles. The van der Waals surface area contributed by atoms with Crippen molar-refractivity contribution in [2.24, 2.45) is 0 Å². The summed E-state index contributed by atoms with van der Waals surface area (Å²) in [6, 6.07) is 5.49. The van der Waals surface area contributed by atoms with E-state index in [1.807, 2.05) is 6.92 Å². The number of nitrogens with zero attached hydrogens (tertiary/aromatic N) is 5. The number of likely N-dealkylation sites (tertiary alicyclic amines) is 1. The molecule has 2 amide bonds. The highest BCUT2D eigenvalue weighted by Gasteiger charge is 2.41. The van der Waals surface area contributed by atoms with Crippen molar-refractivity contribution in [3.63, 3.8) is 0 Å². The quantitative estimate of drug-likeness (QED) is 0.589. The average molecular weight is 523 g/mol. The highest BCUT2D eigenvalue weighted by Crippen LogP contribution is 2.41. The molecule has 2 fully saturated rings. The van der Waals surface area contributed by atoms with E-state index in [2.05, 4.69) is 27.1 Å². The fourth-order valence-electron chi connectivity index (χ4n) is 5.83. The number of methoxy groups -OCH3 is 1. The summed E-state index contributed by atoms with van der Waals surface area (Å²) in [7, 11) is 5.42. The van der Waals surface area contributed by atoms with Crippen molar-refractivity contribution in [2.75, 3.05) is 44.1 Å². The van der Waals surface area contributed by atoms with E-state index in [9.17, 15) is 9.59 Å². The van der Waals surface area contributed by atoms with Crippen molar-refractivity contribution < 1.29 is 19.1 Å². The van der Waals surface area contributed by atoms with Gasteiger partial charge in [0.25, 0.3) is 5.91 Å². The monoisotopic (exact) mass is 522 g/mol. The van der Waals surface area contributed by atoms with E-state index < -0.39 is 0 Å². The van der Waals surface area contributed by atoms with Crippen molar-refractivity contribution in [1.29, 1.82) is 0 Å². The Morgan fingerprint density at radius 2 is 1.84 bits per heavy atom. The molecule has 0 radical (unpaired) electrons. The van der Waals surface area contributed by atoms with Gasteiger partial charge in [0.2, 0.25) is 5.91 Å². The number of aromatic nitrogens is 2. The van der Waals surface area contributed by atoms with Gasteiger partial charge in [-0.05, 0) is 70.4 Å². The van der Waals surface area contributed by atoms with E-state index >= 15 is 0 Å². The van der Waals surface area contributed by atoms with Gasteiger partial charge in [-0.2, -0.15) is 4.98 Å². The summed E-state index contributed by atoms with van der Waals surface area (Å²) in [5.74, 6) is 1.51. The summed E-state index contributed by atoms with van der Waals surface area (Å²) in [5.41, 5.74) is 1.20. The first-order chi connectivity index (χ1) is 18.4. The van der Waals surface area contributed by atoms with Gasteiger partial charge in [-0.25, -0.2) is 4.98 Å². The predicted molar refractivity (Wildman–Crippen MR) is 145 cm³/mol. The molecule has 10 heteroatoms. The third-order valence-electron chi connectivity index (χ3n) is 8.07. The van der Waals surface area contributed by atoms with Gasteiger partial charge in [0.05, 0.1) is 13.3 Å². The van der Waals surface area contributed by atoms with Gasteiger partial charge < -0.3 is 29.5 Å². The van der Waals surface area contributed by atoms with Crippen LogP contribution in [0, 0.1) is 0 Å². The number of anilines is 2. The third-order valence-corrected chi connectivity index (χ3v) is 8.07. The molecule has 38 heavy (non-hydrogen) atoms. The standard InChI is InChI=1S/C28H38N6O4/c1-5-21-27(36)33(3)22-17-29-28(31-25(22)34(21)20-8-6-7-9-20)38-23-11-10-18(16-24(23)37-4)26(35)30-19-12-14-32(2)15-13-19/h10-11,16-17,19-21H,5-9,12-15H2,1-4H3,(H,30,35)/t21-/m1/s1. The maximum atomic E-state index is 13.1. The van der Waals surface area contributed by atoms with E-state index in [0.717, 1.165) is 57.4 Å². The SMILES string of the molecule is CC[C@@H]1C(=O)N(C)c2cnc(Oc3ccc(C(=O)NC4CCN(C)CC4)cc3OC)nc2N1C1CCCC1. The number of piperidine rings is 1. The number of likely N-dealkylation sites (N-methyl/N-ethyl adjacent to an activating group) is 1. The van der Waals surface area contributed by atoms with Gasteiger partial charge in [-0.3, -0.25) is 9.59 Å². The van der Waals surface area contributed by atoms with Crippen LogP contribution in [0.1, 0.15) is 62.2 Å². The van der Waals surface area contributed by atoms with Crippen LogP contribution in [-0.4, -0.2) is 79.1 Å². The van der Waals surface area contributed by atoms with Gasteiger partial charge in [-0.1, -0.05) is 19.8 Å².